The number of hydrogen-bond acceptors (Lipinski definition) is 2. The third-order valence-corrected chi connectivity index (χ3v) is 5.59. The zero-order valence-corrected chi connectivity index (χ0v) is 17.8. The minimum Gasteiger partial charge on any atom is -0.319 e. The van der Waals surface area contributed by atoms with Crippen molar-refractivity contribution in [3.63, 3.8) is 0 Å². The van der Waals surface area contributed by atoms with E-state index in [4.69, 9.17) is 16.6 Å². The Morgan fingerprint density at radius 1 is 1.03 bits per heavy atom. The van der Waals surface area contributed by atoms with Crippen LogP contribution in [0.3, 0.4) is 0 Å². The number of rotatable bonds is 5. The van der Waals surface area contributed by atoms with Crippen molar-refractivity contribution in [2.75, 3.05) is 0 Å². The number of nitrogens with zero attached hydrogens (tertiary/aromatic N) is 3. The number of nitriles is 1. The summed E-state index contributed by atoms with van der Waals surface area (Å²) in [6.07, 6.45) is 1.90. The largest absolute Gasteiger partial charge is 0.319 e. The molecule has 1 aromatic heterocycles. The van der Waals surface area contributed by atoms with Gasteiger partial charge in [-0.15, -0.1) is 0 Å². The zero-order chi connectivity index (χ0) is 21.1. The SMILES string of the molecule is CC(C)c1ccc(C=C(C#N)c2nc3ccccc3n2Cc2ccccc2Cl)cc1. The van der Waals surface area contributed by atoms with Crippen LogP contribution in [0.4, 0.5) is 0 Å². The first-order valence-electron chi connectivity index (χ1n) is 9.97. The van der Waals surface area contributed by atoms with E-state index in [2.05, 4.69) is 36.6 Å². The maximum absolute atomic E-state index is 9.96. The summed E-state index contributed by atoms with van der Waals surface area (Å²) in [6, 6.07) is 26.4. The van der Waals surface area contributed by atoms with Gasteiger partial charge in [-0.1, -0.05) is 80.0 Å². The fourth-order valence-corrected chi connectivity index (χ4v) is 3.72. The molecule has 0 radical (unpaired) electrons. The molecule has 4 rings (SSSR count). The van der Waals surface area contributed by atoms with E-state index in [0.29, 0.717) is 28.9 Å². The second-order valence-electron chi connectivity index (χ2n) is 7.59. The molecule has 0 spiro atoms. The topological polar surface area (TPSA) is 41.6 Å². The van der Waals surface area contributed by atoms with Crippen LogP contribution in [0.25, 0.3) is 22.7 Å². The van der Waals surface area contributed by atoms with E-state index in [9.17, 15) is 5.26 Å². The number of halogens is 1. The van der Waals surface area contributed by atoms with Crippen LogP contribution in [0.5, 0.6) is 0 Å². The molecule has 148 valence electrons. The molecule has 0 unspecified atom stereocenters. The van der Waals surface area contributed by atoms with Gasteiger partial charge in [0, 0.05) is 5.02 Å². The first-order valence-corrected chi connectivity index (χ1v) is 10.4. The van der Waals surface area contributed by atoms with Crippen molar-refractivity contribution in [1.29, 1.82) is 5.26 Å². The number of benzene rings is 3. The van der Waals surface area contributed by atoms with Gasteiger partial charge < -0.3 is 4.57 Å². The zero-order valence-electron chi connectivity index (χ0n) is 17.0. The average Bonchev–Trinajstić information content (AvgIpc) is 3.12. The Hall–Kier alpha value is -3.35. The van der Waals surface area contributed by atoms with Crippen molar-refractivity contribution >= 4 is 34.3 Å². The summed E-state index contributed by atoms with van der Waals surface area (Å²) >= 11 is 6.41. The molecule has 30 heavy (non-hydrogen) atoms. The Kier molecular flexibility index (Phi) is 5.70. The summed E-state index contributed by atoms with van der Waals surface area (Å²) in [5, 5.41) is 10.7. The quantitative estimate of drug-likeness (QED) is 0.334. The Labute approximate surface area is 181 Å². The normalized spacial score (nSPS) is 11.8. The maximum Gasteiger partial charge on any atom is 0.152 e. The van der Waals surface area contributed by atoms with Crippen LogP contribution in [0.2, 0.25) is 5.02 Å². The van der Waals surface area contributed by atoms with E-state index in [-0.39, 0.29) is 0 Å². The van der Waals surface area contributed by atoms with Crippen LogP contribution in [0.15, 0.2) is 72.8 Å². The highest BCUT2D eigenvalue weighted by molar-refractivity contribution is 6.31. The first-order chi connectivity index (χ1) is 14.6. The maximum atomic E-state index is 9.96. The van der Waals surface area contributed by atoms with Crippen molar-refractivity contribution in [2.45, 2.75) is 26.3 Å². The van der Waals surface area contributed by atoms with E-state index in [1.807, 2.05) is 66.7 Å². The van der Waals surface area contributed by atoms with E-state index < -0.39 is 0 Å². The van der Waals surface area contributed by atoms with Gasteiger partial charge in [0.05, 0.1) is 23.2 Å². The van der Waals surface area contributed by atoms with Gasteiger partial charge in [0.25, 0.3) is 0 Å². The number of allylic oxidation sites excluding steroid dienone is 1. The third kappa shape index (κ3) is 4.01. The highest BCUT2D eigenvalue weighted by Gasteiger charge is 2.16. The molecule has 0 saturated heterocycles. The molecule has 0 N–H and O–H groups in total. The van der Waals surface area contributed by atoms with Gasteiger partial charge >= 0.3 is 0 Å². The van der Waals surface area contributed by atoms with Gasteiger partial charge in [-0.25, -0.2) is 4.98 Å². The number of hydrogen-bond donors (Lipinski definition) is 0. The van der Waals surface area contributed by atoms with Crippen LogP contribution in [0, 0.1) is 11.3 Å². The van der Waals surface area contributed by atoms with Gasteiger partial charge in [0.15, 0.2) is 5.82 Å². The lowest BCUT2D eigenvalue weighted by Crippen LogP contribution is -2.05. The molecule has 0 atom stereocenters. The molecule has 0 aliphatic heterocycles. The summed E-state index contributed by atoms with van der Waals surface area (Å²) in [4.78, 5) is 4.78. The van der Waals surface area contributed by atoms with Crippen LogP contribution in [-0.2, 0) is 6.54 Å². The fraction of sp³-hybridized carbons (Fsp3) is 0.154. The minimum atomic E-state index is 0.471. The molecular formula is C26H22ClN3. The summed E-state index contributed by atoms with van der Waals surface area (Å²) in [6.45, 7) is 4.88. The molecule has 3 nitrogen and oxygen atoms in total. The molecule has 4 aromatic rings. The predicted molar refractivity (Wildman–Crippen MR) is 124 cm³/mol. The lowest BCUT2D eigenvalue weighted by Gasteiger charge is -2.10. The van der Waals surface area contributed by atoms with Crippen molar-refractivity contribution in [2.24, 2.45) is 0 Å². The highest BCUT2D eigenvalue weighted by atomic mass is 35.5. The van der Waals surface area contributed by atoms with Crippen LogP contribution in [-0.4, -0.2) is 9.55 Å². The smallest absolute Gasteiger partial charge is 0.152 e. The van der Waals surface area contributed by atoms with Gasteiger partial charge in [0.1, 0.15) is 6.07 Å². The predicted octanol–water partition coefficient (Wildman–Crippen LogP) is 6.93. The molecule has 0 aliphatic carbocycles. The lowest BCUT2D eigenvalue weighted by molar-refractivity contribution is 0.811. The van der Waals surface area contributed by atoms with Crippen molar-refractivity contribution < 1.29 is 0 Å². The third-order valence-electron chi connectivity index (χ3n) is 5.22. The lowest BCUT2D eigenvalue weighted by atomic mass is 10.0. The van der Waals surface area contributed by atoms with E-state index in [0.717, 1.165) is 22.2 Å². The molecule has 0 saturated carbocycles. The number of imidazole rings is 1. The molecule has 0 bridgehead atoms. The molecule has 0 fully saturated rings. The molecular weight excluding hydrogens is 390 g/mol. The minimum absolute atomic E-state index is 0.471. The van der Waals surface area contributed by atoms with E-state index >= 15 is 0 Å². The number of fused-ring (bicyclic) bond motifs is 1. The summed E-state index contributed by atoms with van der Waals surface area (Å²) in [5.41, 5.74) is 5.60. The summed E-state index contributed by atoms with van der Waals surface area (Å²) < 4.78 is 2.06. The first kappa shape index (κ1) is 19.9. The molecule has 1 heterocycles. The standard InChI is InChI=1S/C26H22ClN3/c1-18(2)20-13-11-19(12-14-20)15-22(16-28)26-29-24-9-5-6-10-25(24)30(26)17-21-7-3-4-8-23(21)27/h3-15,18H,17H2,1-2H3. The van der Waals surface area contributed by atoms with Crippen LogP contribution in [0.1, 0.15) is 42.3 Å². The Morgan fingerprint density at radius 3 is 2.43 bits per heavy atom. The highest BCUT2D eigenvalue weighted by Crippen LogP contribution is 2.26. The van der Waals surface area contributed by atoms with E-state index in [1.165, 1.54) is 5.56 Å². The van der Waals surface area contributed by atoms with Gasteiger partial charge in [-0.3, -0.25) is 0 Å². The van der Waals surface area contributed by atoms with Crippen molar-refractivity contribution in [1.82, 2.24) is 9.55 Å². The molecule has 0 aliphatic rings. The fourth-order valence-electron chi connectivity index (χ4n) is 3.53. The van der Waals surface area contributed by atoms with E-state index in [1.54, 1.807) is 0 Å². The molecule has 4 heteroatoms. The molecule has 0 amide bonds. The van der Waals surface area contributed by atoms with Crippen molar-refractivity contribution in [3.8, 4) is 6.07 Å². The Balaban J connectivity index is 1.82. The van der Waals surface area contributed by atoms with Crippen LogP contribution < -0.4 is 0 Å². The monoisotopic (exact) mass is 411 g/mol. The van der Waals surface area contributed by atoms with Gasteiger partial charge in [0.2, 0.25) is 0 Å². The Morgan fingerprint density at radius 2 is 1.73 bits per heavy atom. The van der Waals surface area contributed by atoms with Gasteiger partial charge in [-0.05, 0) is 46.9 Å². The van der Waals surface area contributed by atoms with Gasteiger partial charge in [-0.2, -0.15) is 5.26 Å². The Bertz CT molecular complexity index is 1260. The number of aromatic nitrogens is 2. The van der Waals surface area contributed by atoms with Crippen LogP contribution >= 0.6 is 11.6 Å². The second-order valence-corrected chi connectivity index (χ2v) is 8.00. The number of para-hydroxylation sites is 2. The summed E-state index contributed by atoms with van der Waals surface area (Å²) in [5.74, 6) is 1.12. The van der Waals surface area contributed by atoms with Crippen molar-refractivity contribution in [3.05, 3.63) is 100 Å². The average molecular weight is 412 g/mol. The second kappa shape index (κ2) is 8.57. The summed E-state index contributed by atoms with van der Waals surface area (Å²) in [7, 11) is 0. The molecule has 3 aromatic carbocycles.